The molecule has 0 amide bonds. The molecular formula is C22H21ClN2. The third-order valence-corrected chi connectivity index (χ3v) is 4.73. The van der Waals surface area contributed by atoms with Crippen LogP contribution in [0.15, 0.2) is 72.8 Å². The van der Waals surface area contributed by atoms with E-state index in [4.69, 9.17) is 0 Å². The molecule has 1 N–H and O–H groups in total. The molecule has 3 aromatic carbocycles. The number of rotatable bonds is 3. The fraction of sp³-hybridized carbons (Fsp3) is 0.136. The maximum absolute atomic E-state index is 3.72. The van der Waals surface area contributed by atoms with Gasteiger partial charge in [0.2, 0.25) is 11.0 Å². The Bertz CT molecular complexity index is 983. The summed E-state index contributed by atoms with van der Waals surface area (Å²) in [5.41, 5.74) is 6.16. The van der Waals surface area contributed by atoms with E-state index in [0.29, 0.717) is 0 Å². The Morgan fingerprint density at radius 1 is 0.760 bits per heavy atom. The summed E-state index contributed by atoms with van der Waals surface area (Å²) in [5, 5.41) is 6.20. The normalized spacial score (nSPS) is 10.6. The van der Waals surface area contributed by atoms with Gasteiger partial charge in [-0.3, -0.25) is 0 Å². The summed E-state index contributed by atoms with van der Waals surface area (Å²) in [5.74, 6) is 0. The fourth-order valence-corrected chi connectivity index (χ4v) is 3.45. The Balaban J connectivity index is 0.00000182. The van der Waals surface area contributed by atoms with Gasteiger partial charge < -0.3 is 17.7 Å². The van der Waals surface area contributed by atoms with Crippen LogP contribution in [0.25, 0.3) is 21.8 Å². The van der Waals surface area contributed by atoms with Gasteiger partial charge in [0.15, 0.2) is 0 Å². The molecular weight excluding hydrogens is 328 g/mol. The van der Waals surface area contributed by atoms with E-state index in [9.17, 15) is 0 Å². The van der Waals surface area contributed by atoms with E-state index in [-0.39, 0.29) is 12.4 Å². The van der Waals surface area contributed by atoms with Gasteiger partial charge in [0, 0.05) is 17.8 Å². The van der Waals surface area contributed by atoms with Crippen molar-refractivity contribution in [2.24, 2.45) is 7.05 Å². The minimum atomic E-state index is 0. The van der Waals surface area contributed by atoms with E-state index in [1.807, 2.05) is 0 Å². The number of benzene rings is 3. The molecule has 0 aliphatic rings. The number of aryl methyl sites for hydroxylation is 2. The molecule has 0 fully saturated rings. The van der Waals surface area contributed by atoms with E-state index >= 15 is 0 Å². The van der Waals surface area contributed by atoms with Crippen LogP contribution in [0.3, 0.4) is 0 Å². The maximum atomic E-state index is 3.72. The fourth-order valence-electron chi connectivity index (χ4n) is 3.45. The summed E-state index contributed by atoms with van der Waals surface area (Å²) in [4.78, 5) is 0. The van der Waals surface area contributed by atoms with Crippen molar-refractivity contribution >= 4 is 33.2 Å². The van der Waals surface area contributed by atoms with Gasteiger partial charge in [0.25, 0.3) is 0 Å². The highest BCUT2D eigenvalue weighted by atomic mass is 35.5. The molecule has 25 heavy (non-hydrogen) atoms. The van der Waals surface area contributed by atoms with Crippen molar-refractivity contribution < 1.29 is 17.0 Å². The second kappa shape index (κ2) is 7.12. The lowest BCUT2D eigenvalue weighted by Crippen LogP contribution is -3.00. The average molecular weight is 349 g/mol. The zero-order valence-corrected chi connectivity index (χ0v) is 15.2. The van der Waals surface area contributed by atoms with Gasteiger partial charge in [-0.2, -0.15) is 4.57 Å². The van der Waals surface area contributed by atoms with Gasteiger partial charge in [-0.05, 0) is 30.2 Å². The SMILES string of the molecule is CCc1ccccc1Nc1c2ccccc2[n+](C)c2ccccc12.[Cl-]. The highest BCUT2D eigenvalue weighted by molar-refractivity contribution is 6.06. The predicted molar refractivity (Wildman–Crippen MR) is 102 cm³/mol. The smallest absolute Gasteiger partial charge is 0.214 e. The third-order valence-electron chi connectivity index (χ3n) is 4.73. The van der Waals surface area contributed by atoms with Crippen molar-refractivity contribution in [3.8, 4) is 0 Å². The van der Waals surface area contributed by atoms with Crippen LogP contribution in [-0.4, -0.2) is 0 Å². The number of halogens is 1. The van der Waals surface area contributed by atoms with E-state index in [1.54, 1.807) is 0 Å². The van der Waals surface area contributed by atoms with Crippen LogP contribution in [0.5, 0.6) is 0 Å². The Labute approximate surface area is 154 Å². The number of nitrogens with one attached hydrogen (secondary N) is 1. The molecule has 0 aliphatic heterocycles. The van der Waals surface area contributed by atoms with Crippen molar-refractivity contribution in [3.05, 3.63) is 78.4 Å². The van der Waals surface area contributed by atoms with Gasteiger partial charge in [0.1, 0.15) is 7.05 Å². The molecule has 2 nitrogen and oxygen atoms in total. The van der Waals surface area contributed by atoms with Crippen molar-refractivity contribution in [3.63, 3.8) is 0 Å². The van der Waals surface area contributed by atoms with E-state index in [1.165, 1.54) is 38.7 Å². The van der Waals surface area contributed by atoms with Crippen molar-refractivity contribution in [1.82, 2.24) is 0 Å². The number of hydrogen-bond acceptors (Lipinski definition) is 1. The number of hydrogen-bond donors (Lipinski definition) is 1. The number of fused-ring (bicyclic) bond motifs is 2. The Morgan fingerprint density at radius 3 is 1.88 bits per heavy atom. The molecule has 0 bridgehead atoms. The van der Waals surface area contributed by atoms with E-state index < -0.39 is 0 Å². The largest absolute Gasteiger partial charge is 1.00 e. The summed E-state index contributed by atoms with van der Waals surface area (Å²) < 4.78 is 2.27. The first-order valence-corrected chi connectivity index (χ1v) is 8.44. The first kappa shape index (κ1) is 17.2. The molecule has 1 aromatic heterocycles. The van der Waals surface area contributed by atoms with Gasteiger partial charge in [0.05, 0.1) is 16.5 Å². The standard InChI is InChI=1S/C22H20N2.ClH/c1-3-16-10-4-7-13-19(16)23-22-17-11-5-8-14-20(17)24(2)21-15-9-6-12-18(21)22;/h4-15H,3H2,1-2H3;1H. The topological polar surface area (TPSA) is 15.9 Å². The number of para-hydroxylation sites is 3. The molecule has 3 heteroatoms. The zero-order chi connectivity index (χ0) is 16.5. The van der Waals surface area contributed by atoms with Crippen LogP contribution >= 0.6 is 0 Å². The van der Waals surface area contributed by atoms with Crippen LogP contribution in [-0.2, 0) is 13.5 Å². The molecule has 0 unspecified atom stereocenters. The van der Waals surface area contributed by atoms with Crippen LogP contribution in [0, 0.1) is 0 Å². The minimum Gasteiger partial charge on any atom is -1.00 e. The second-order valence-electron chi connectivity index (χ2n) is 6.10. The molecule has 1 heterocycles. The Kier molecular flexibility index (Phi) is 4.91. The molecule has 0 aliphatic carbocycles. The van der Waals surface area contributed by atoms with E-state index in [0.717, 1.165) is 6.42 Å². The lowest BCUT2D eigenvalue weighted by atomic mass is 10.1. The first-order valence-electron chi connectivity index (χ1n) is 8.44. The number of aromatic nitrogens is 1. The molecule has 0 atom stereocenters. The quantitative estimate of drug-likeness (QED) is 0.443. The number of anilines is 2. The van der Waals surface area contributed by atoms with Gasteiger partial charge in [-0.25, -0.2) is 0 Å². The van der Waals surface area contributed by atoms with Crippen molar-refractivity contribution in [2.45, 2.75) is 13.3 Å². The third kappa shape index (κ3) is 2.94. The Hall–Kier alpha value is -2.58. The van der Waals surface area contributed by atoms with Crippen LogP contribution in [0.4, 0.5) is 11.4 Å². The van der Waals surface area contributed by atoms with Crippen LogP contribution in [0.1, 0.15) is 12.5 Å². The zero-order valence-electron chi connectivity index (χ0n) is 14.5. The molecule has 4 rings (SSSR count). The molecule has 4 aromatic rings. The van der Waals surface area contributed by atoms with Gasteiger partial charge in [-0.15, -0.1) is 0 Å². The molecule has 0 saturated carbocycles. The number of pyridine rings is 1. The first-order chi connectivity index (χ1) is 11.8. The number of nitrogens with zero attached hydrogens (tertiary/aromatic N) is 1. The molecule has 0 radical (unpaired) electrons. The maximum Gasteiger partial charge on any atom is 0.214 e. The average Bonchev–Trinajstić information content (AvgIpc) is 2.65. The summed E-state index contributed by atoms with van der Waals surface area (Å²) in [7, 11) is 2.13. The predicted octanol–water partition coefficient (Wildman–Crippen LogP) is 2.13. The molecule has 0 saturated heterocycles. The molecule has 126 valence electrons. The van der Waals surface area contributed by atoms with Crippen LogP contribution < -0.4 is 22.3 Å². The lowest BCUT2D eigenvalue weighted by molar-refractivity contribution is -0.617. The van der Waals surface area contributed by atoms with Crippen molar-refractivity contribution in [2.75, 3.05) is 5.32 Å². The van der Waals surface area contributed by atoms with Gasteiger partial charge in [-0.1, -0.05) is 49.4 Å². The summed E-state index contributed by atoms with van der Waals surface area (Å²) in [6, 6.07) is 25.7. The monoisotopic (exact) mass is 348 g/mol. The summed E-state index contributed by atoms with van der Waals surface area (Å²) >= 11 is 0. The highest BCUT2D eigenvalue weighted by Gasteiger charge is 2.17. The van der Waals surface area contributed by atoms with Crippen LogP contribution in [0.2, 0.25) is 0 Å². The second-order valence-corrected chi connectivity index (χ2v) is 6.10. The van der Waals surface area contributed by atoms with E-state index in [2.05, 4.69) is 96.7 Å². The summed E-state index contributed by atoms with van der Waals surface area (Å²) in [6.45, 7) is 2.20. The summed E-state index contributed by atoms with van der Waals surface area (Å²) in [6.07, 6.45) is 1.01. The Morgan fingerprint density at radius 2 is 1.28 bits per heavy atom. The minimum absolute atomic E-state index is 0. The molecule has 0 spiro atoms. The highest BCUT2D eigenvalue weighted by Crippen LogP contribution is 2.33. The van der Waals surface area contributed by atoms with Crippen molar-refractivity contribution in [1.29, 1.82) is 0 Å². The lowest BCUT2D eigenvalue weighted by Gasteiger charge is -2.15. The van der Waals surface area contributed by atoms with Gasteiger partial charge >= 0.3 is 0 Å².